The van der Waals surface area contributed by atoms with E-state index in [4.69, 9.17) is 4.74 Å². The molecule has 0 atom stereocenters. The van der Waals surface area contributed by atoms with Gasteiger partial charge in [-0.15, -0.1) is 0 Å². The number of rotatable bonds is 10. The second kappa shape index (κ2) is 24.2. The molecule has 20 rings (SSSR count). The van der Waals surface area contributed by atoms with E-state index < -0.39 is 10.8 Å². The van der Waals surface area contributed by atoms with E-state index in [1.165, 1.54) is 133 Å². The molecule has 3 nitrogen and oxygen atoms in total. The SMILES string of the molecule is CC(C)c1cc(C(C)C)c(B2c3ccc(N4c5ccc(-c6ccccc6)cc5C5(c6ccccc6-c6ccccc65)c5cc(-c6ccccc6)ccc54)cc3Oc3cc(N4c5ccc(-c6ccccc6)cc5C5(c6ccccc6-c6ccccc65)c5cc(-c6ccccc6)ccc54)ccc32)c(C(C)C)c1. The van der Waals surface area contributed by atoms with Gasteiger partial charge >= 0.3 is 0 Å². The maximum Gasteiger partial charge on any atom is 0.251 e. The van der Waals surface area contributed by atoms with Gasteiger partial charge in [0.25, 0.3) is 6.71 Å². The summed E-state index contributed by atoms with van der Waals surface area (Å²) in [6.07, 6.45) is 0. The summed E-state index contributed by atoms with van der Waals surface area (Å²) in [5, 5.41) is 0. The van der Waals surface area contributed by atoms with Crippen molar-refractivity contribution in [1.82, 2.24) is 0 Å². The van der Waals surface area contributed by atoms with Gasteiger partial charge in [0.05, 0.1) is 33.6 Å². The Morgan fingerprint density at radius 3 is 0.829 bits per heavy atom. The molecule has 0 saturated carbocycles. The van der Waals surface area contributed by atoms with E-state index in [2.05, 4.69) is 391 Å². The monoisotopic (exact) mass is 1340 g/mol. The molecule has 0 saturated heterocycles. The van der Waals surface area contributed by atoms with Crippen molar-refractivity contribution in [2.24, 2.45) is 0 Å². The smallest absolute Gasteiger partial charge is 0.251 e. The molecule has 15 aromatic carbocycles. The van der Waals surface area contributed by atoms with Gasteiger partial charge in [0, 0.05) is 23.5 Å². The van der Waals surface area contributed by atoms with Crippen LogP contribution in [0.15, 0.2) is 340 Å². The summed E-state index contributed by atoms with van der Waals surface area (Å²) in [5.74, 6) is 2.53. The van der Waals surface area contributed by atoms with Crippen LogP contribution in [0.2, 0.25) is 0 Å². The molecule has 3 heterocycles. The van der Waals surface area contributed by atoms with Crippen molar-refractivity contribution in [1.29, 1.82) is 0 Å². The number of nitrogens with zero attached hydrogens (tertiary/aromatic N) is 2. The van der Waals surface area contributed by atoms with Crippen LogP contribution in [0, 0.1) is 0 Å². The maximum atomic E-state index is 7.93. The molecule has 0 unspecified atom stereocenters. The van der Waals surface area contributed by atoms with Gasteiger partial charge in [-0.2, -0.15) is 0 Å². The molecule has 3 aliphatic heterocycles. The van der Waals surface area contributed by atoms with Crippen LogP contribution < -0.4 is 30.9 Å². The molecule has 0 bridgehead atoms. The van der Waals surface area contributed by atoms with Gasteiger partial charge in [-0.25, -0.2) is 0 Å². The molecule has 2 aliphatic carbocycles. The lowest BCUT2D eigenvalue weighted by atomic mass is 9.34. The van der Waals surface area contributed by atoms with E-state index in [9.17, 15) is 0 Å². The predicted molar refractivity (Wildman–Crippen MR) is 439 cm³/mol. The highest BCUT2D eigenvalue weighted by atomic mass is 16.5. The fourth-order valence-electron chi connectivity index (χ4n) is 19.0. The van der Waals surface area contributed by atoms with E-state index in [1.54, 1.807) is 0 Å². The molecule has 5 aliphatic rings. The first kappa shape index (κ1) is 62.5. The normalized spacial score (nSPS) is 14.0. The minimum absolute atomic E-state index is 0.169. The van der Waals surface area contributed by atoms with Gasteiger partial charge in [-0.1, -0.05) is 314 Å². The second-order valence-electron chi connectivity index (χ2n) is 30.3. The van der Waals surface area contributed by atoms with Crippen LogP contribution >= 0.6 is 0 Å². The summed E-state index contributed by atoms with van der Waals surface area (Å²) in [6, 6.07) is 129. The van der Waals surface area contributed by atoms with Crippen molar-refractivity contribution >= 4 is 57.2 Å². The van der Waals surface area contributed by atoms with Crippen molar-refractivity contribution in [3.05, 3.63) is 401 Å². The summed E-state index contributed by atoms with van der Waals surface area (Å²) in [6.45, 7) is 14.1. The van der Waals surface area contributed by atoms with Gasteiger partial charge in [0.15, 0.2) is 0 Å². The Hall–Kier alpha value is -12.2. The van der Waals surface area contributed by atoms with Crippen LogP contribution in [0.25, 0.3) is 66.8 Å². The van der Waals surface area contributed by atoms with Gasteiger partial charge in [-0.05, 0) is 217 Å². The third-order valence-electron chi connectivity index (χ3n) is 23.7. The van der Waals surface area contributed by atoms with Gasteiger partial charge in [0.1, 0.15) is 11.5 Å². The summed E-state index contributed by atoms with van der Waals surface area (Å²) in [7, 11) is 0. The second-order valence-corrected chi connectivity index (χ2v) is 30.3. The van der Waals surface area contributed by atoms with E-state index in [0.717, 1.165) is 56.5 Å². The van der Waals surface area contributed by atoms with Crippen molar-refractivity contribution in [2.45, 2.75) is 70.1 Å². The summed E-state index contributed by atoms with van der Waals surface area (Å²) in [4.78, 5) is 5.10. The van der Waals surface area contributed by atoms with Crippen LogP contribution in [0.1, 0.15) is 120 Å². The number of fused-ring (bicyclic) bond motifs is 20. The first-order valence-electron chi connectivity index (χ1n) is 37.5. The molecular weight excluding hydrogens is 1270 g/mol. The zero-order valence-electron chi connectivity index (χ0n) is 59.9. The Balaban J connectivity index is 0.835. The average Bonchev–Trinajstić information content (AvgIpc) is 1.58. The fraction of sp³-hybridized carbons (Fsp3) is 0.109. The number of hydrogen-bond acceptors (Lipinski definition) is 3. The molecule has 105 heavy (non-hydrogen) atoms. The van der Waals surface area contributed by atoms with Gasteiger partial charge in [-0.3, -0.25) is 0 Å². The highest BCUT2D eigenvalue weighted by Gasteiger charge is 2.54. The lowest BCUT2D eigenvalue weighted by Gasteiger charge is -2.46. The van der Waals surface area contributed by atoms with Crippen LogP contribution in [0.4, 0.5) is 34.1 Å². The van der Waals surface area contributed by atoms with Crippen LogP contribution in [0.3, 0.4) is 0 Å². The molecule has 0 aromatic heterocycles. The zero-order chi connectivity index (χ0) is 70.4. The highest BCUT2D eigenvalue weighted by molar-refractivity contribution is 6.97. The Labute approximate surface area is 617 Å². The van der Waals surface area contributed by atoms with E-state index in [0.29, 0.717) is 5.92 Å². The summed E-state index contributed by atoms with van der Waals surface area (Å²) < 4.78 is 7.93. The lowest BCUT2D eigenvalue weighted by Crippen LogP contribution is -2.57. The van der Waals surface area contributed by atoms with Gasteiger partial charge < -0.3 is 14.5 Å². The fourth-order valence-corrected chi connectivity index (χ4v) is 19.0. The molecule has 15 aromatic rings. The summed E-state index contributed by atoms with van der Waals surface area (Å²) >= 11 is 0. The first-order valence-corrected chi connectivity index (χ1v) is 37.5. The van der Waals surface area contributed by atoms with Crippen molar-refractivity contribution in [3.63, 3.8) is 0 Å². The highest BCUT2D eigenvalue weighted by Crippen LogP contribution is 2.67. The van der Waals surface area contributed by atoms with Crippen LogP contribution in [-0.2, 0) is 10.8 Å². The third kappa shape index (κ3) is 9.31. The number of benzene rings is 15. The van der Waals surface area contributed by atoms with Crippen LogP contribution in [0.5, 0.6) is 11.5 Å². The zero-order valence-corrected chi connectivity index (χ0v) is 59.9. The van der Waals surface area contributed by atoms with E-state index in [-0.39, 0.29) is 18.5 Å². The van der Waals surface area contributed by atoms with Gasteiger partial charge in [0.2, 0.25) is 0 Å². The quantitative estimate of drug-likeness (QED) is 0.127. The first-order chi connectivity index (χ1) is 51.6. The molecule has 500 valence electrons. The lowest BCUT2D eigenvalue weighted by molar-refractivity contribution is 0.487. The average molecular weight is 1350 g/mol. The molecule has 0 fully saturated rings. The Morgan fingerprint density at radius 1 is 0.257 bits per heavy atom. The van der Waals surface area contributed by atoms with E-state index in [1.807, 2.05) is 0 Å². The van der Waals surface area contributed by atoms with Crippen molar-refractivity contribution in [3.8, 4) is 78.3 Å². The maximum absolute atomic E-state index is 7.93. The molecule has 0 N–H and O–H groups in total. The van der Waals surface area contributed by atoms with Crippen molar-refractivity contribution in [2.75, 3.05) is 9.80 Å². The number of hydrogen-bond donors (Lipinski definition) is 0. The van der Waals surface area contributed by atoms with E-state index >= 15 is 0 Å². The predicted octanol–water partition coefficient (Wildman–Crippen LogP) is 24.6. The molecule has 0 radical (unpaired) electrons. The standard InChI is InChI=1S/C101H77BN2O/c1-63(2)74-55-81(64(3)4)99(82(56-74)65(5)6)102-91-49-47-75(103-93-51-43-70(66-27-11-7-12-28-66)57-87(93)100(83-39-23-19-35-77(83)78-36-20-24-40-84(78)100)88-58-71(44-52-94(88)103)67-29-13-8-14-30-67)61-97(91)105-98-62-76(48-50-92(98)102)104-95-53-45-72(68-31-15-9-16-32-68)59-89(95)101(85-41-25-21-37-79(85)80-38-22-26-42-86(80)101)90-60-73(46-54-96(90)104)69-33-17-10-18-34-69/h7-65H,1-6H3. The minimum Gasteiger partial charge on any atom is -0.458 e. The number of ether oxygens (including phenoxy) is 1. The Kier molecular flexibility index (Phi) is 14.4. The third-order valence-corrected chi connectivity index (χ3v) is 23.7. The molecule has 0 amide bonds. The Bertz CT molecular complexity index is 5380. The molecular formula is C101H77BN2O. The number of anilines is 6. The minimum atomic E-state index is -0.681. The van der Waals surface area contributed by atoms with Crippen molar-refractivity contribution < 1.29 is 4.74 Å². The van der Waals surface area contributed by atoms with Crippen LogP contribution in [-0.4, -0.2) is 6.71 Å². The Morgan fingerprint density at radius 2 is 0.543 bits per heavy atom. The largest absolute Gasteiger partial charge is 0.458 e. The molecule has 4 heteroatoms. The topological polar surface area (TPSA) is 15.7 Å². The molecule has 2 spiro atoms. The summed E-state index contributed by atoms with van der Waals surface area (Å²) in [5.41, 5.74) is 37.6.